The standard InChI is InChI=1S/C15H19NO2S/c17-19(18)9-3-8-16(19)13-5-1-4-12(10-13)14-11-15(14)6-2-7-15/h1,4-5,10,14H,2-3,6-9,11H2. The van der Waals surface area contributed by atoms with Gasteiger partial charge in [-0.3, -0.25) is 4.31 Å². The number of sulfonamides is 1. The molecule has 2 aliphatic carbocycles. The van der Waals surface area contributed by atoms with Crippen LogP contribution in [0, 0.1) is 5.41 Å². The molecule has 4 rings (SSSR count). The molecule has 1 heterocycles. The zero-order valence-electron chi connectivity index (χ0n) is 11.0. The third-order valence-electron chi connectivity index (χ3n) is 5.20. The molecule has 0 bridgehead atoms. The highest BCUT2D eigenvalue weighted by Crippen LogP contribution is 2.70. The van der Waals surface area contributed by atoms with E-state index in [0.717, 1.165) is 12.1 Å². The molecule has 1 aliphatic heterocycles. The fourth-order valence-electron chi connectivity index (χ4n) is 3.83. The van der Waals surface area contributed by atoms with E-state index in [1.807, 2.05) is 12.1 Å². The number of hydrogen-bond acceptors (Lipinski definition) is 2. The molecule has 1 spiro atoms. The lowest BCUT2D eigenvalue weighted by atomic mass is 9.78. The highest BCUT2D eigenvalue weighted by molar-refractivity contribution is 7.93. The fourth-order valence-corrected chi connectivity index (χ4v) is 5.39. The molecule has 1 saturated heterocycles. The summed E-state index contributed by atoms with van der Waals surface area (Å²) in [6, 6.07) is 8.23. The number of nitrogens with zero attached hydrogens (tertiary/aromatic N) is 1. The summed E-state index contributed by atoms with van der Waals surface area (Å²) in [7, 11) is -3.05. The molecule has 102 valence electrons. The van der Waals surface area contributed by atoms with Crippen molar-refractivity contribution >= 4 is 15.7 Å². The number of hydrogen-bond donors (Lipinski definition) is 0. The van der Waals surface area contributed by atoms with Crippen LogP contribution in [-0.4, -0.2) is 20.7 Å². The van der Waals surface area contributed by atoms with Crippen LogP contribution in [0.3, 0.4) is 0 Å². The van der Waals surface area contributed by atoms with Gasteiger partial charge in [-0.15, -0.1) is 0 Å². The second-order valence-electron chi connectivity index (χ2n) is 6.31. The van der Waals surface area contributed by atoms with E-state index in [1.54, 1.807) is 4.31 Å². The summed E-state index contributed by atoms with van der Waals surface area (Å²) in [6.45, 7) is 0.640. The molecule has 4 heteroatoms. The normalized spacial score (nSPS) is 30.3. The Bertz CT molecular complexity index is 619. The Morgan fingerprint density at radius 1 is 1.21 bits per heavy atom. The van der Waals surface area contributed by atoms with Crippen LogP contribution in [0.1, 0.15) is 43.6 Å². The molecular formula is C15H19NO2S. The van der Waals surface area contributed by atoms with Crippen molar-refractivity contribution in [2.75, 3.05) is 16.6 Å². The van der Waals surface area contributed by atoms with Crippen LogP contribution in [0.15, 0.2) is 24.3 Å². The molecule has 3 nitrogen and oxygen atoms in total. The molecule has 1 unspecified atom stereocenters. The minimum atomic E-state index is -3.05. The Morgan fingerprint density at radius 3 is 2.63 bits per heavy atom. The summed E-state index contributed by atoms with van der Waals surface area (Å²) >= 11 is 0. The van der Waals surface area contributed by atoms with E-state index in [1.165, 1.54) is 31.2 Å². The largest absolute Gasteiger partial charge is 0.270 e. The molecule has 19 heavy (non-hydrogen) atoms. The lowest BCUT2D eigenvalue weighted by Crippen LogP contribution is -2.25. The molecule has 1 aromatic rings. The van der Waals surface area contributed by atoms with Crippen LogP contribution in [-0.2, 0) is 10.0 Å². The zero-order chi connectivity index (χ0) is 13.1. The van der Waals surface area contributed by atoms with E-state index in [-0.39, 0.29) is 0 Å². The Hall–Kier alpha value is -1.03. The first-order chi connectivity index (χ1) is 9.11. The maximum Gasteiger partial charge on any atom is 0.235 e. The second-order valence-corrected chi connectivity index (χ2v) is 8.32. The van der Waals surface area contributed by atoms with Crippen molar-refractivity contribution in [2.24, 2.45) is 5.41 Å². The lowest BCUT2D eigenvalue weighted by molar-refractivity contribution is 0.277. The molecule has 3 aliphatic rings. The summed E-state index contributed by atoms with van der Waals surface area (Å²) in [5.74, 6) is 0.983. The third kappa shape index (κ3) is 1.72. The minimum Gasteiger partial charge on any atom is -0.270 e. The quantitative estimate of drug-likeness (QED) is 0.833. The van der Waals surface area contributed by atoms with Gasteiger partial charge in [-0.25, -0.2) is 8.42 Å². The van der Waals surface area contributed by atoms with Gasteiger partial charge < -0.3 is 0 Å². The Kier molecular flexibility index (Phi) is 2.32. The predicted octanol–water partition coefficient (Wildman–Crippen LogP) is 2.88. The van der Waals surface area contributed by atoms with Crippen molar-refractivity contribution in [3.05, 3.63) is 29.8 Å². The first-order valence-electron chi connectivity index (χ1n) is 7.21. The van der Waals surface area contributed by atoms with E-state index in [0.29, 0.717) is 23.6 Å². The molecule has 0 radical (unpaired) electrons. The van der Waals surface area contributed by atoms with Gasteiger partial charge in [0, 0.05) is 6.54 Å². The first kappa shape index (κ1) is 11.8. The summed E-state index contributed by atoms with van der Waals surface area (Å²) in [6.07, 6.45) is 6.16. The van der Waals surface area contributed by atoms with Crippen molar-refractivity contribution < 1.29 is 8.42 Å². The molecular weight excluding hydrogens is 258 g/mol. The Labute approximate surface area is 114 Å². The molecule has 1 aromatic carbocycles. The highest BCUT2D eigenvalue weighted by Gasteiger charge is 2.57. The zero-order valence-corrected chi connectivity index (χ0v) is 11.8. The molecule has 0 N–H and O–H groups in total. The highest BCUT2D eigenvalue weighted by atomic mass is 32.2. The van der Waals surface area contributed by atoms with E-state index in [2.05, 4.69) is 12.1 Å². The molecule has 0 amide bonds. The van der Waals surface area contributed by atoms with Crippen LogP contribution in [0.25, 0.3) is 0 Å². The molecule has 3 fully saturated rings. The van der Waals surface area contributed by atoms with E-state index in [9.17, 15) is 8.42 Å². The van der Waals surface area contributed by atoms with Crippen molar-refractivity contribution in [2.45, 2.75) is 38.0 Å². The van der Waals surface area contributed by atoms with Gasteiger partial charge in [0.2, 0.25) is 10.0 Å². The van der Waals surface area contributed by atoms with Gasteiger partial charge in [0.1, 0.15) is 0 Å². The topological polar surface area (TPSA) is 37.4 Å². The van der Waals surface area contributed by atoms with Crippen LogP contribution in [0.2, 0.25) is 0 Å². The lowest BCUT2D eigenvalue weighted by Gasteiger charge is -2.27. The van der Waals surface area contributed by atoms with Gasteiger partial charge in [-0.1, -0.05) is 18.6 Å². The van der Waals surface area contributed by atoms with E-state index < -0.39 is 10.0 Å². The van der Waals surface area contributed by atoms with Crippen molar-refractivity contribution in [3.8, 4) is 0 Å². The van der Waals surface area contributed by atoms with Gasteiger partial charge in [0.25, 0.3) is 0 Å². The smallest absolute Gasteiger partial charge is 0.235 e. The summed E-state index contributed by atoms with van der Waals surface area (Å²) in [5.41, 5.74) is 2.82. The SMILES string of the molecule is O=S1(=O)CCCN1c1cccc(C2CC23CCC3)c1. The number of benzene rings is 1. The Morgan fingerprint density at radius 2 is 2.05 bits per heavy atom. The van der Waals surface area contributed by atoms with Gasteiger partial charge in [0.05, 0.1) is 11.4 Å². The predicted molar refractivity (Wildman–Crippen MR) is 75.8 cm³/mol. The van der Waals surface area contributed by atoms with Crippen molar-refractivity contribution in [3.63, 3.8) is 0 Å². The van der Waals surface area contributed by atoms with Gasteiger partial charge >= 0.3 is 0 Å². The van der Waals surface area contributed by atoms with Crippen LogP contribution >= 0.6 is 0 Å². The van der Waals surface area contributed by atoms with E-state index >= 15 is 0 Å². The van der Waals surface area contributed by atoms with Crippen molar-refractivity contribution in [1.82, 2.24) is 0 Å². The second kappa shape index (κ2) is 3.75. The summed E-state index contributed by atoms with van der Waals surface area (Å²) < 4.78 is 25.5. The van der Waals surface area contributed by atoms with Gasteiger partial charge in [0.15, 0.2) is 0 Å². The van der Waals surface area contributed by atoms with E-state index in [4.69, 9.17) is 0 Å². The fraction of sp³-hybridized carbons (Fsp3) is 0.600. The third-order valence-corrected chi connectivity index (χ3v) is 7.07. The molecule has 1 atom stereocenters. The first-order valence-corrected chi connectivity index (χ1v) is 8.82. The maximum absolute atomic E-state index is 12.0. The molecule has 0 aromatic heterocycles. The van der Waals surface area contributed by atoms with Crippen LogP contribution < -0.4 is 4.31 Å². The van der Waals surface area contributed by atoms with Crippen molar-refractivity contribution in [1.29, 1.82) is 0 Å². The van der Waals surface area contributed by atoms with Gasteiger partial charge in [-0.05, 0) is 54.7 Å². The average molecular weight is 277 g/mol. The van der Waals surface area contributed by atoms with Crippen LogP contribution in [0.4, 0.5) is 5.69 Å². The van der Waals surface area contributed by atoms with Gasteiger partial charge in [-0.2, -0.15) is 0 Å². The van der Waals surface area contributed by atoms with Crippen LogP contribution in [0.5, 0.6) is 0 Å². The summed E-state index contributed by atoms with van der Waals surface area (Å²) in [5, 5.41) is 0. The average Bonchev–Trinajstić information content (AvgIpc) is 3.02. The summed E-state index contributed by atoms with van der Waals surface area (Å²) in [4.78, 5) is 0. The molecule has 2 saturated carbocycles. The number of rotatable bonds is 2. The number of anilines is 1. The Balaban J connectivity index is 1.64. The maximum atomic E-state index is 12.0. The monoisotopic (exact) mass is 277 g/mol. The minimum absolute atomic E-state index is 0.296.